The van der Waals surface area contributed by atoms with E-state index in [0.717, 1.165) is 38.3 Å². The smallest absolute Gasteiger partial charge is 0.257 e. The average Bonchev–Trinajstić information content (AvgIpc) is 3.23. The first-order valence-corrected chi connectivity index (χ1v) is 8.79. The van der Waals surface area contributed by atoms with E-state index >= 15 is 0 Å². The molecule has 0 bridgehead atoms. The Balaban J connectivity index is 1.52. The molecule has 0 N–H and O–H groups in total. The summed E-state index contributed by atoms with van der Waals surface area (Å²) in [6.07, 6.45) is 8.09. The number of likely N-dealkylation sites (tertiary alicyclic amines) is 1. The molecule has 1 aromatic rings. The summed E-state index contributed by atoms with van der Waals surface area (Å²) in [6, 6.07) is 1.69. The number of nitrogens with zero attached hydrogens (tertiary/aromatic N) is 2. The lowest BCUT2D eigenvalue weighted by atomic mass is 9.94. The van der Waals surface area contributed by atoms with Gasteiger partial charge in [0.2, 0.25) is 5.91 Å². The van der Waals surface area contributed by atoms with E-state index in [2.05, 4.69) is 11.8 Å². The van der Waals surface area contributed by atoms with E-state index in [0.29, 0.717) is 24.6 Å². The molecule has 126 valence electrons. The summed E-state index contributed by atoms with van der Waals surface area (Å²) in [6.45, 7) is 5.23. The molecule has 2 fully saturated rings. The van der Waals surface area contributed by atoms with E-state index < -0.39 is 0 Å². The molecule has 5 heteroatoms. The summed E-state index contributed by atoms with van der Waals surface area (Å²) in [5, 5.41) is 0. The Morgan fingerprint density at radius 2 is 2.00 bits per heavy atom. The van der Waals surface area contributed by atoms with Crippen molar-refractivity contribution in [1.82, 2.24) is 9.80 Å². The maximum absolute atomic E-state index is 12.8. The van der Waals surface area contributed by atoms with E-state index in [1.807, 2.05) is 4.90 Å². The van der Waals surface area contributed by atoms with Gasteiger partial charge in [0, 0.05) is 32.1 Å². The second-order valence-electron chi connectivity index (χ2n) is 6.81. The van der Waals surface area contributed by atoms with Crippen molar-refractivity contribution in [2.75, 3.05) is 26.2 Å². The molecule has 1 saturated carbocycles. The molecule has 0 spiro atoms. The fourth-order valence-electron chi connectivity index (χ4n) is 3.33. The van der Waals surface area contributed by atoms with Crippen LogP contribution in [-0.2, 0) is 4.79 Å². The Bertz CT molecular complexity index is 528. The Kier molecular flexibility index (Phi) is 5.03. The highest BCUT2D eigenvalue weighted by molar-refractivity contribution is 5.94. The average molecular weight is 318 g/mol. The molecule has 1 aliphatic carbocycles. The molecule has 0 atom stereocenters. The minimum atomic E-state index is 0.00745. The number of piperidine rings is 1. The lowest BCUT2D eigenvalue weighted by Crippen LogP contribution is -2.45. The summed E-state index contributed by atoms with van der Waals surface area (Å²) in [7, 11) is 0. The van der Waals surface area contributed by atoms with Crippen LogP contribution in [0.5, 0.6) is 0 Å². The van der Waals surface area contributed by atoms with Crippen LogP contribution in [0.1, 0.15) is 49.4 Å². The summed E-state index contributed by atoms with van der Waals surface area (Å²) in [5.74, 6) is 1.11. The molecular formula is C18H26N2O3. The zero-order valence-electron chi connectivity index (χ0n) is 13.9. The predicted molar refractivity (Wildman–Crippen MR) is 86.9 cm³/mol. The van der Waals surface area contributed by atoms with Crippen LogP contribution in [0.2, 0.25) is 0 Å². The Morgan fingerprint density at radius 1 is 1.26 bits per heavy atom. The predicted octanol–water partition coefficient (Wildman–Crippen LogP) is 2.78. The molecule has 0 radical (unpaired) electrons. The van der Waals surface area contributed by atoms with Gasteiger partial charge in [0.25, 0.3) is 5.91 Å². The normalized spacial score (nSPS) is 18.9. The molecule has 3 rings (SSSR count). The molecule has 1 aromatic heterocycles. The maximum atomic E-state index is 12.8. The zero-order valence-corrected chi connectivity index (χ0v) is 13.9. The van der Waals surface area contributed by atoms with Gasteiger partial charge in [-0.05, 0) is 44.1 Å². The fourth-order valence-corrected chi connectivity index (χ4v) is 3.33. The lowest BCUT2D eigenvalue weighted by molar-refractivity contribution is -0.137. The number of carbonyl (C=O) groups excluding carboxylic acids is 2. The van der Waals surface area contributed by atoms with Crippen LogP contribution < -0.4 is 0 Å². The van der Waals surface area contributed by atoms with Crippen molar-refractivity contribution in [2.24, 2.45) is 11.8 Å². The molecule has 2 amide bonds. The quantitative estimate of drug-likeness (QED) is 0.810. The van der Waals surface area contributed by atoms with Crippen LogP contribution in [0.25, 0.3) is 0 Å². The lowest BCUT2D eigenvalue weighted by Gasteiger charge is -2.34. The van der Waals surface area contributed by atoms with Crippen molar-refractivity contribution >= 4 is 11.8 Å². The third kappa shape index (κ3) is 3.95. The summed E-state index contributed by atoms with van der Waals surface area (Å²) in [5.41, 5.74) is 0.594. The van der Waals surface area contributed by atoms with Crippen molar-refractivity contribution in [1.29, 1.82) is 0 Å². The van der Waals surface area contributed by atoms with Crippen LogP contribution in [0.3, 0.4) is 0 Å². The minimum Gasteiger partial charge on any atom is -0.472 e. The fraction of sp³-hybridized carbons (Fsp3) is 0.667. The first-order valence-electron chi connectivity index (χ1n) is 8.79. The van der Waals surface area contributed by atoms with Gasteiger partial charge in [-0.25, -0.2) is 0 Å². The third-order valence-electron chi connectivity index (χ3n) is 4.88. The van der Waals surface area contributed by atoms with Crippen LogP contribution in [0, 0.1) is 11.8 Å². The van der Waals surface area contributed by atoms with Crippen molar-refractivity contribution in [2.45, 2.75) is 39.0 Å². The highest BCUT2D eigenvalue weighted by atomic mass is 16.3. The summed E-state index contributed by atoms with van der Waals surface area (Å²) < 4.78 is 4.98. The van der Waals surface area contributed by atoms with Crippen molar-refractivity contribution in [3.63, 3.8) is 0 Å². The molecule has 2 heterocycles. The second kappa shape index (κ2) is 7.20. The van der Waals surface area contributed by atoms with E-state index in [1.54, 1.807) is 6.07 Å². The molecule has 1 saturated heterocycles. The monoisotopic (exact) mass is 318 g/mol. The van der Waals surface area contributed by atoms with Crippen LogP contribution in [0.4, 0.5) is 0 Å². The summed E-state index contributed by atoms with van der Waals surface area (Å²) >= 11 is 0. The maximum Gasteiger partial charge on any atom is 0.257 e. The first kappa shape index (κ1) is 16.1. The topological polar surface area (TPSA) is 53.8 Å². The molecule has 0 unspecified atom stereocenters. The van der Waals surface area contributed by atoms with Gasteiger partial charge >= 0.3 is 0 Å². The molecule has 23 heavy (non-hydrogen) atoms. The molecule has 2 aliphatic rings. The van der Waals surface area contributed by atoms with Crippen molar-refractivity contribution < 1.29 is 14.0 Å². The number of rotatable bonds is 6. The van der Waals surface area contributed by atoms with Gasteiger partial charge in [-0.15, -0.1) is 0 Å². The number of hydrogen-bond donors (Lipinski definition) is 0. The molecule has 1 aliphatic heterocycles. The number of furan rings is 1. The highest BCUT2D eigenvalue weighted by Crippen LogP contribution is 2.31. The van der Waals surface area contributed by atoms with Crippen molar-refractivity contribution in [3.8, 4) is 0 Å². The van der Waals surface area contributed by atoms with E-state index in [9.17, 15) is 9.59 Å². The van der Waals surface area contributed by atoms with Gasteiger partial charge in [-0.1, -0.05) is 6.92 Å². The van der Waals surface area contributed by atoms with Gasteiger partial charge < -0.3 is 14.2 Å². The van der Waals surface area contributed by atoms with Gasteiger partial charge in [-0.2, -0.15) is 0 Å². The Hall–Kier alpha value is -1.78. The van der Waals surface area contributed by atoms with Crippen LogP contribution in [-0.4, -0.2) is 47.8 Å². The minimum absolute atomic E-state index is 0.00745. The molecular weight excluding hydrogens is 292 g/mol. The Morgan fingerprint density at radius 3 is 2.57 bits per heavy atom. The third-order valence-corrected chi connectivity index (χ3v) is 4.88. The van der Waals surface area contributed by atoms with Gasteiger partial charge in [0.05, 0.1) is 11.8 Å². The van der Waals surface area contributed by atoms with Crippen molar-refractivity contribution in [3.05, 3.63) is 24.2 Å². The van der Waals surface area contributed by atoms with Crippen LogP contribution in [0.15, 0.2) is 23.0 Å². The first-order chi connectivity index (χ1) is 11.2. The number of carbonyl (C=O) groups is 2. The van der Waals surface area contributed by atoms with E-state index in [-0.39, 0.29) is 11.8 Å². The molecule has 5 nitrogen and oxygen atoms in total. The van der Waals surface area contributed by atoms with Crippen LogP contribution >= 0.6 is 0 Å². The van der Waals surface area contributed by atoms with Gasteiger partial charge in [0.15, 0.2) is 0 Å². The highest BCUT2D eigenvalue weighted by Gasteiger charge is 2.33. The largest absolute Gasteiger partial charge is 0.472 e. The second-order valence-corrected chi connectivity index (χ2v) is 6.81. The van der Waals surface area contributed by atoms with Gasteiger partial charge in [0.1, 0.15) is 6.26 Å². The molecule has 0 aromatic carbocycles. The van der Waals surface area contributed by atoms with E-state index in [4.69, 9.17) is 4.42 Å². The van der Waals surface area contributed by atoms with Gasteiger partial charge in [-0.3, -0.25) is 9.59 Å². The zero-order chi connectivity index (χ0) is 16.2. The summed E-state index contributed by atoms with van der Waals surface area (Å²) in [4.78, 5) is 29.0. The SMILES string of the molecule is CCCN(CC1CC1)C(=O)C1CCN(C(=O)c2ccoc2)CC1. The number of amides is 2. The number of hydrogen-bond acceptors (Lipinski definition) is 3. The Labute approximate surface area is 137 Å². The van der Waals surface area contributed by atoms with E-state index in [1.165, 1.54) is 25.4 Å². The standard InChI is InChI=1S/C18H26N2O3/c1-2-8-20(12-14-3-4-14)17(21)15-5-9-19(10-6-15)18(22)16-7-11-23-13-16/h7,11,13-15H,2-6,8-10,12H2,1H3.